The van der Waals surface area contributed by atoms with Crippen LogP contribution in [0.4, 0.5) is 4.79 Å². The largest absolute Gasteiger partial charge is 0.466 e. The van der Waals surface area contributed by atoms with Crippen LogP contribution in [0.15, 0.2) is 74.4 Å². The van der Waals surface area contributed by atoms with Gasteiger partial charge in [0.05, 0.1) is 41.3 Å². The van der Waals surface area contributed by atoms with Crippen LogP contribution in [0.2, 0.25) is 0 Å². The second kappa shape index (κ2) is 13.7. The molecule has 2 aromatic heterocycles. The van der Waals surface area contributed by atoms with Gasteiger partial charge in [-0.15, -0.1) is 0 Å². The van der Waals surface area contributed by atoms with Crippen molar-refractivity contribution in [2.45, 2.75) is 83.5 Å². The molecule has 258 valence electrons. The Balaban J connectivity index is 0.000000173. The van der Waals surface area contributed by atoms with Crippen LogP contribution >= 0.6 is 0 Å². The minimum absolute atomic E-state index is 0.154. The Morgan fingerprint density at radius 3 is 2.31 bits per heavy atom. The predicted octanol–water partition coefficient (Wildman–Crippen LogP) is 4.09. The highest BCUT2D eigenvalue weighted by atomic mass is 16.6. The zero-order chi connectivity index (χ0) is 35.0. The van der Waals surface area contributed by atoms with Gasteiger partial charge in [0.25, 0.3) is 0 Å². The fourth-order valence-corrected chi connectivity index (χ4v) is 7.32. The van der Waals surface area contributed by atoms with Gasteiger partial charge in [0.1, 0.15) is 11.0 Å². The molecular formula is C35H41N7O7. The fourth-order valence-electron chi connectivity index (χ4n) is 7.32. The monoisotopic (exact) mass is 671 g/mol. The molecule has 2 aromatic carbocycles. The molecule has 1 amide bonds. The van der Waals surface area contributed by atoms with Gasteiger partial charge in [0.2, 0.25) is 0 Å². The summed E-state index contributed by atoms with van der Waals surface area (Å²) in [5.74, 6) is -1.77. The average Bonchev–Trinajstić information content (AvgIpc) is 3.72. The molecule has 14 nitrogen and oxygen atoms in total. The van der Waals surface area contributed by atoms with Crippen molar-refractivity contribution < 1.29 is 28.5 Å². The van der Waals surface area contributed by atoms with Crippen molar-refractivity contribution in [1.29, 1.82) is 0 Å². The molecule has 4 aromatic rings. The van der Waals surface area contributed by atoms with Gasteiger partial charge in [0, 0.05) is 29.5 Å². The van der Waals surface area contributed by atoms with Gasteiger partial charge < -0.3 is 30.0 Å². The van der Waals surface area contributed by atoms with E-state index in [1.807, 2.05) is 12.1 Å². The third-order valence-corrected chi connectivity index (χ3v) is 9.58. The summed E-state index contributed by atoms with van der Waals surface area (Å²) in [5.41, 5.74) is 4.39. The van der Waals surface area contributed by atoms with E-state index in [0.29, 0.717) is 62.3 Å². The standard InChI is InChI=1S/C19H21N3O5.C16H20N4O2/c1-9(2)26-19(24)15-11(4)20-10(3)14(18(23)25-5)16(15)12-7-6-8-13-17(12)22-27-21-13;1-19-11-6-7-12(19)9-10(8-11)17-15(21)20-14-5-3-2-4-13(14)18-16(20)22/h6-9,16,20H,1-5H3;2-5,10-12H,6-9H2,1H3,(H,17,21)(H,18,22)/t;10-,11+,12-. The van der Waals surface area contributed by atoms with E-state index in [1.165, 1.54) is 24.5 Å². The molecule has 0 radical (unpaired) electrons. The molecule has 0 aliphatic carbocycles. The van der Waals surface area contributed by atoms with Gasteiger partial charge in [-0.25, -0.2) is 28.4 Å². The summed E-state index contributed by atoms with van der Waals surface area (Å²) in [5, 5.41) is 14.0. The molecule has 49 heavy (non-hydrogen) atoms. The molecule has 4 atom stereocenters. The van der Waals surface area contributed by atoms with Gasteiger partial charge in [-0.05, 0) is 94.5 Å². The second-order valence-corrected chi connectivity index (χ2v) is 13.0. The third-order valence-electron chi connectivity index (χ3n) is 9.58. The quantitative estimate of drug-likeness (QED) is 0.261. The number of esters is 2. The lowest BCUT2D eigenvalue weighted by Crippen LogP contribution is -2.50. The molecule has 2 saturated heterocycles. The SMILES string of the molecule is CN1[C@@H]2CC[C@H]1C[C@@H](NC(=O)n1c(=O)[nH]c3ccccc31)C2.COC(=O)C1=C(C)NC(C)=C(C(=O)OC(C)C)C1c1cccc2nonc12. The summed E-state index contributed by atoms with van der Waals surface area (Å²) in [4.78, 5) is 55.2. The molecule has 2 fully saturated rings. The zero-order valence-electron chi connectivity index (χ0n) is 28.4. The lowest BCUT2D eigenvalue weighted by atomic mass is 9.80. The number of ether oxygens (including phenoxy) is 2. The van der Waals surface area contributed by atoms with Crippen molar-refractivity contribution in [3.63, 3.8) is 0 Å². The van der Waals surface area contributed by atoms with Crippen LogP contribution in [0.3, 0.4) is 0 Å². The van der Waals surface area contributed by atoms with E-state index in [2.05, 4.69) is 37.9 Å². The number of para-hydroxylation sites is 2. The average molecular weight is 672 g/mol. The van der Waals surface area contributed by atoms with E-state index >= 15 is 0 Å². The molecule has 2 bridgehead atoms. The van der Waals surface area contributed by atoms with E-state index < -0.39 is 17.9 Å². The number of fused-ring (bicyclic) bond motifs is 4. The summed E-state index contributed by atoms with van der Waals surface area (Å²) in [6, 6.07) is 13.5. The summed E-state index contributed by atoms with van der Waals surface area (Å²) in [7, 11) is 3.47. The number of rotatable bonds is 5. The number of hydrogen-bond donors (Lipinski definition) is 3. The summed E-state index contributed by atoms with van der Waals surface area (Å²) >= 11 is 0. The number of hydrogen-bond acceptors (Lipinski definition) is 11. The third kappa shape index (κ3) is 6.47. The molecule has 3 aliphatic heterocycles. The maximum atomic E-state index is 12.9. The number of nitrogens with zero attached hydrogens (tertiary/aromatic N) is 4. The number of dihydropyridines is 1. The summed E-state index contributed by atoms with van der Waals surface area (Å²) < 4.78 is 16.5. The minimum atomic E-state index is -0.722. The Morgan fingerprint density at radius 1 is 0.959 bits per heavy atom. The molecule has 5 heterocycles. The lowest BCUT2D eigenvalue weighted by molar-refractivity contribution is -0.143. The molecule has 0 spiro atoms. The van der Waals surface area contributed by atoms with Gasteiger partial charge in [-0.2, -0.15) is 0 Å². The van der Waals surface area contributed by atoms with Crippen molar-refractivity contribution in [2.75, 3.05) is 14.2 Å². The molecule has 1 unspecified atom stereocenters. The number of piperidine rings is 1. The molecule has 7 rings (SSSR count). The Kier molecular flexibility index (Phi) is 9.41. The number of imidazole rings is 1. The van der Waals surface area contributed by atoms with Gasteiger partial charge in [-0.1, -0.05) is 24.3 Å². The van der Waals surface area contributed by atoms with Gasteiger partial charge >= 0.3 is 23.7 Å². The first-order chi connectivity index (χ1) is 23.5. The Bertz CT molecular complexity index is 2020. The molecule has 0 saturated carbocycles. The van der Waals surface area contributed by atoms with E-state index in [4.69, 9.17) is 14.1 Å². The highest BCUT2D eigenvalue weighted by molar-refractivity contribution is 6.01. The number of nitrogens with one attached hydrogen (secondary N) is 3. The van der Waals surface area contributed by atoms with Crippen molar-refractivity contribution >= 4 is 40.0 Å². The first kappa shape index (κ1) is 33.7. The molecule has 3 N–H and O–H groups in total. The number of methoxy groups -OCH3 is 1. The van der Waals surface area contributed by atoms with E-state index in [0.717, 1.165) is 12.8 Å². The number of aromatic nitrogens is 4. The van der Waals surface area contributed by atoms with Gasteiger partial charge in [-0.3, -0.25) is 0 Å². The highest BCUT2D eigenvalue weighted by Crippen LogP contribution is 2.41. The molecular weight excluding hydrogens is 630 g/mol. The van der Waals surface area contributed by atoms with E-state index in [1.54, 1.807) is 58.0 Å². The van der Waals surface area contributed by atoms with Crippen LogP contribution < -0.4 is 16.3 Å². The van der Waals surface area contributed by atoms with Crippen molar-refractivity contribution in [1.82, 2.24) is 35.4 Å². The van der Waals surface area contributed by atoms with Crippen molar-refractivity contribution in [3.05, 3.63) is 81.1 Å². The van der Waals surface area contributed by atoms with E-state index in [9.17, 15) is 19.2 Å². The van der Waals surface area contributed by atoms with Crippen molar-refractivity contribution in [2.24, 2.45) is 0 Å². The first-order valence-electron chi connectivity index (χ1n) is 16.4. The summed E-state index contributed by atoms with van der Waals surface area (Å²) in [6.45, 7) is 7.06. The van der Waals surface area contributed by atoms with Gasteiger partial charge in [0.15, 0.2) is 0 Å². The fraction of sp³-hybridized carbons (Fsp3) is 0.429. The number of carbonyl (C=O) groups is 3. The smallest absolute Gasteiger partial charge is 0.337 e. The Hall–Kier alpha value is -5.24. The number of aromatic amines is 1. The number of amides is 1. The topological polar surface area (TPSA) is 174 Å². The van der Waals surface area contributed by atoms with Crippen LogP contribution in [0, 0.1) is 0 Å². The van der Waals surface area contributed by atoms with Crippen LogP contribution in [-0.2, 0) is 19.1 Å². The van der Waals surface area contributed by atoms with Crippen LogP contribution in [0.5, 0.6) is 0 Å². The number of H-pyrrole nitrogens is 1. The predicted molar refractivity (Wildman–Crippen MR) is 180 cm³/mol. The normalized spacial score (nSPS) is 22.2. The van der Waals surface area contributed by atoms with E-state index in [-0.39, 0.29) is 23.9 Å². The summed E-state index contributed by atoms with van der Waals surface area (Å²) in [6.07, 6.45) is 4.05. The zero-order valence-corrected chi connectivity index (χ0v) is 28.4. The van der Waals surface area contributed by atoms with Crippen LogP contribution in [-0.4, -0.2) is 81.1 Å². The minimum Gasteiger partial charge on any atom is -0.466 e. The molecule has 3 aliphatic rings. The first-order valence-corrected chi connectivity index (χ1v) is 16.4. The number of carbonyl (C=O) groups excluding carboxylic acids is 3. The maximum absolute atomic E-state index is 12.9. The number of allylic oxidation sites excluding steroid dienone is 2. The molecule has 14 heteroatoms. The Morgan fingerprint density at radius 2 is 1.63 bits per heavy atom. The second-order valence-electron chi connectivity index (χ2n) is 13.0. The Labute approximate surface area is 282 Å². The number of benzene rings is 2. The lowest BCUT2D eigenvalue weighted by Gasteiger charge is -2.36. The van der Waals surface area contributed by atoms with Crippen LogP contribution in [0.25, 0.3) is 22.1 Å². The highest BCUT2D eigenvalue weighted by Gasteiger charge is 2.40. The van der Waals surface area contributed by atoms with Crippen LogP contribution in [0.1, 0.15) is 64.9 Å². The maximum Gasteiger partial charge on any atom is 0.337 e. The van der Waals surface area contributed by atoms with Crippen molar-refractivity contribution in [3.8, 4) is 0 Å².